The van der Waals surface area contributed by atoms with E-state index in [-0.39, 0.29) is 23.9 Å². The van der Waals surface area contributed by atoms with E-state index in [2.05, 4.69) is 10.3 Å². The first-order valence-corrected chi connectivity index (χ1v) is 13.1. The van der Waals surface area contributed by atoms with Crippen LogP contribution in [0.4, 0.5) is 10.3 Å². The van der Waals surface area contributed by atoms with Crippen LogP contribution in [0.1, 0.15) is 47.3 Å². The van der Waals surface area contributed by atoms with Crippen LogP contribution in [0.15, 0.2) is 54.7 Å². The normalized spacial score (nSPS) is 14.8. The molecule has 1 aliphatic heterocycles. The number of piperidine rings is 1. The topological polar surface area (TPSA) is 135 Å². The first-order chi connectivity index (χ1) is 19.3. The Bertz CT molecular complexity index is 1540. The van der Waals surface area contributed by atoms with Crippen LogP contribution >= 0.6 is 0 Å². The van der Waals surface area contributed by atoms with Gasteiger partial charge in [-0.3, -0.25) is 14.0 Å². The number of aromatic nitrogens is 3. The molecule has 11 heteroatoms. The number of nitrogens with zero attached hydrogens (tertiary/aromatic N) is 4. The molecule has 4 N–H and O–H groups in total. The number of hydrogen-bond acceptors (Lipinski definition) is 7. The van der Waals surface area contributed by atoms with Crippen molar-refractivity contribution in [3.05, 3.63) is 77.4 Å². The van der Waals surface area contributed by atoms with Gasteiger partial charge >= 0.3 is 0 Å². The van der Waals surface area contributed by atoms with Crippen LogP contribution in [-0.2, 0) is 11.3 Å². The lowest BCUT2D eigenvalue weighted by atomic mass is 9.92. The summed E-state index contributed by atoms with van der Waals surface area (Å²) in [6.07, 6.45) is 2.09. The zero-order chi connectivity index (χ0) is 28.4. The molecule has 1 fully saturated rings. The molecule has 0 aliphatic carbocycles. The monoisotopic (exact) mass is 546 g/mol. The Kier molecular flexibility index (Phi) is 7.65. The molecular formula is C29H31FN6O4. The second-order valence-electron chi connectivity index (χ2n) is 9.84. The average Bonchev–Trinajstić information content (AvgIpc) is 3.37. The van der Waals surface area contributed by atoms with Crippen molar-refractivity contribution in [3.8, 4) is 17.1 Å². The molecule has 40 heavy (non-hydrogen) atoms. The van der Waals surface area contributed by atoms with Gasteiger partial charge in [0.2, 0.25) is 5.95 Å². The predicted octanol–water partition coefficient (Wildman–Crippen LogP) is 3.14. The van der Waals surface area contributed by atoms with Crippen molar-refractivity contribution >= 4 is 23.3 Å². The maximum absolute atomic E-state index is 13.7. The van der Waals surface area contributed by atoms with Crippen molar-refractivity contribution in [2.45, 2.75) is 38.3 Å². The summed E-state index contributed by atoms with van der Waals surface area (Å²) in [6.45, 7) is 2.82. The molecule has 2 aromatic carbocycles. The standard InChI is InChI=1S/C29H31FN6O4/c1-17(37)28(39)35-13-10-19(11-14-35)25-23-9-12-32-29(31)36(23)26(34-25)20-5-3-18(4-6-20)16-33-27(38)22-15-21(30)7-8-24(22)40-2/h3-9,12,15,17,19,37H,10-11,13-14,16H2,1-2H3,(H2,31,32)(H,33,38)/t17-/m0/s1. The molecule has 5 rings (SSSR count). The van der Waals surface area contributed by atoms with E-state index in [1.165, 1.54) is 26.2 Å². The third kappa shape index (κ3) is 5.32. The number of fused-ring (bicyclic) bond motifs is 1. The number of ether oxygens (including phenoxy) is 1. The SMILES string of the molecule is COc1ccc(F)cc1C(=O)NCc1ccc(-c2nc(C3CCN(C(=O)[C@H](C)O)CC3)c3ccnc(N)n23)cc1. The Morgan fingerprint density at radius 3 is 2.58 bits per heavy atom. The van der Waals surface area contributed by atoms with E-state index in [9.17, 15) is 19.1 Å². The van der Waals surface area contributed by atoms with Crippen LogP contribution in [0.3, 0.4) is 0 Å². The van der Waals surface area contributed by atoms with E-state index in [4.69, 9.17) is 15.5 Å². The van der Waals surface area contributed by atoms with Crippen molar-refractivity contribution in [2.24, 2.45) is 0 Å². The van der Waals surface area contributed by atoms with Gasteiger partial charge in [-0.1, -0.05) is 24.3 Å². The van der Waals surface area contributed by atoms with Crippen LogP contribution in [0.2, 0.25) is 0 Å². The van der Waals surface area contributed by atoms with Crippen molar-refractivity contribution < 1.29 is 23.8 Å². The number of halogens is 1. The van der Waals surface area contributed by atoms with E-state index in [0.717, 1.165) is 41.2 Å². The van der Waals surface area contributed by atoms with Gasteiger partial charge in [0.05, 0.1) is 23.9 Å². The van der Waals surface area contributed by atoms with Gasteiger partial charge in [0.1, 0.15) is 23.5 Å². The zero-order valence-electron chi connectivity index (χ0n) is 22.3. The summed E-state index contributed by atoms with van der Waals surface area (Å²) in [6, 6.07) is 13.3. The van der Waals surface area contributed by atoms with Crippen LogP contribution in [0, 0.1) is 5.82 Å². The van der Waals surface area contributed by atoms with E-state index in [1.807, 2.05) is 34.7 Å². The fourth-order valence-electron chi connectivity index (χ4n) is 5.12. The van der Waals surface area contributed by atoms with Gasteiger partial charge < -0.3 is 25.8 Å². The van der Waals surface area contributed by atoms with Gasteiger partial charge in [-0.05, 0) is 49.6 Å². The third-order valence-corrected chi connectivity index (χ3v) is 7.23. The Morgan fingerprint density at radius 1 is 1.18 bits per heavy atom. The van der Waals surface area contributed by atoms with Crippen LogP contribution in [-0.4, -0.2) is 62.5 Å². The number of benzene rings is 2. The molecule has 0 spiro atoms. The van der Waals surface area contributed by atoms with Crippen LogP contribution in [0.25, 0.3) is 16.9 Å². The van der Waals surface area contributed by atoms with Crippen LogP contribution < -0.4 is 15.8 Å². The van der Waals surface area contributed by atoms with E-state index in [0.29, 0.717) is 30.6 Å². The second-order valence-corrected chi connectivity index (χ2v) is 9.84. The fraction of sp³-hybridized carbons (Fsp3) is 0.310. The number of aliphatic hydroxyl groups excluding tert-OH is 1. The molecule has 1 aliphatic rings. The molecule has 4 aromatic rings. The third-order valence-electron chi connectivity index (χ3n) is 7.23. The number of methoxy groups -OCH3 is 1. The lowest BCUT2D eigenvalue weighted by molar-refractivity contribution is -0.140. The molecule has 0 unspecified atom stereocenters. The maximum atomic E-state index is 13.7. The number of rotatable bonds is 7. The second kappa shape index (κ2) is 11.3. The van der Waals surface area contributed by atoms with E-state index < -0.39 is 17.8 Å². The Labute approximate surface area is 230 Å². The minimum atomic E-state index is -1.01. The number of nitrogens with one attached hydrogen (secondary N) is 1. The molecule has 0 radical (unpaired) electrons. The molecule has 1 atom stereocenters. The van der Waals surface area contributed by atoms with Gasteiger partial charge in [0.15, 0.2) is 0 Å². The number of anilines is 1. The quantitative estimate of drug-likeness (QED) is 0.324. The lowest BCUT2D eigenvalue weighted by Crippen LogP contribution is -2.42. The summed E-state index contributed by atoms with van der Waals surface area (Å²) < 4.78 is 20.7. The van der Waals surface area contributed by atoms with Gasteiger partial charge in [0.25, 0.3) is 11.8 Å². The average molecular weight is 547 g/mol. The molecule has 0 bridgehead atoms. The number of likely N-dealkylation sites (tertiary alicyclic amines) is 1. The van der Waals surface area contributed by atoms with E-state index in [1.54, 1.807) is 11.1 Å². The maximum Gasteiger partial charge on any atom is 0.255 e. The molecule has 10 nitrogen and oxygen atoms in total. The molecular weight excluding hydrogens is 515 g/mol. The predicted molar refractivity (Wildman–Crippen MR) is 147 cm³/mol. The smallest absolute Gasteiger partial charge is 0.255 e. The highest BCUT2D eigenvalue weighted by atomic mass is 19.1. The summed E-state index contributed by atoms with van der Waals surface area (Å²) in [7, 11) is 1.43. The number of hydrogen-bond donors (Lipinski definition) is 3. The van der Waals surface area contributed by atoms with Crippen molar-refractivity contribution in [1.82, 2.24) is 24.6 Å². The minimum absolute atomic E-state index is 0.123. The summed E-state index contributed by atoms with van der Waals surface area (Å²) >= 11 is 0. The molecule has 3 heterocycles. The number of nitrogen functional groups attached to an aromatic ring is 1. The van der Waals surface area contributed by atoms with Gasteiger partial charge in [-0.2, -0.15) is 0 Å². The first-order valence-electron chi connectivity index (χ1n) is 13.1. The summed E-state index contributed by atoms with van der Waals surface area (Å²) in [5, 5.41) is 12.5. The number of amides is 2. The molecule has 208 valence electrons. The number of carbonyl (C=O) groups excluding carboxylic acids is 2. The number of imidazole rings is 1. The minimum Gasteiger partial charge on any atom is -0.496 e. The zero-order valence-corrected chi connectivity index (χ0v) is 22.3. The summed E-state index contributed by atoms with van der Waals surface area (Å²) in [5.41, 5.74) is 9.83. The molecule has 2 aromatic heterocycles. The van der Waals surface area contributed by atoms with Crippen molar-refractivity contribution in [2.75, 3.05) is 25.9 Å². The van der Waals surface area contributed by atoms with Crippen molar-refractivity contribution in [3.63, 3.8) is 0 Å². The Balaban J connectivity index is 1.35. The Hall–Kier alpha value is -4.51. The highest BCUT2D eigenvalue weighted by Gasteiger charge is 2.29. The van der Waals surface area contributed by atoms with Gasteiger partial charge in [-0.15, -0.1) is 0 Å². The molecule has 2 amide bonds. The fourth-order valence-corrected chi connectivity index (χ4v) is 5.12. The summed E-state index contributed by atoms with van der Waals surface area (Å²) in [5.74, 6) is 0.166. The van der Waals surface area contributed by atoms with Gasteiger partial charge in [-0.25, -0.2) is 14.4 Å². The number of carbonyl (C=O) groups is 2. The summed E-state index contributed by atoms with van der Waals surface area (Å²) in [4.78, 5) is 35.8. The number of nitrogens with two attached hydrogens (primary N) is 1. The molecule has 1 saturated heterocycles. The first kappa shape index (κ1) is 27.1. The van der Waals surface area contributed by atoms with Gasteiger partial charge in [0, 0.05) is 37.3 Å². The van der Waals surface area contributed by atoms with Crippen LogP contribution in [0.5, 0.6) is 5.75 Å². The lowest BCUT2D eigenvalue weighted by Gasteiger charge is -2.32. The highest BCUT2D eigenvalue weighted by Crippen LogP contribution is 2.34. The largest absolute Gasteiger partial charge is 0.496 e. The van der Waals surface area contributed by atoms with E-state index >= 15 is 0 Å². The Morgan fingerprint density at radius 2 is 1.90 bits per heavy atom. The molecule has 0 saturated carbocycles. The number of aliphatic hydroxyl groups is 1. The van der Waals surface area contributed by atoms with Crippen molar-refractivity contribution in [1.29, 1.82) is 0 Å². The highest BCUT2D eigenvalue weighted by molar-refractivity contribution is 5.96.